The second-order valence-corrected chi connectivity index (χ2v) is 2.81. The molecule has 0 aliphatic carbocycles. The summed E-state index contributed by atoms with van der Waals surface area (Å²) < 4.78 is 5.44. The summed E-state index contributed by atoms with van der Waals surface area (Å²) in [5, 5.41) is 2.86. The molecule has 0 radical (unpaired) electrons. The van der Waals surface area contributed by atoms with E-state index in [1.807, 2.05) is 26.0 Å². The highest BCUT2D eigenvalue weighted by Gasteiger charge is 2.02. The number of hydrogen-bond acceptors (Lipinski definition) is 4. The van der Waals surface area contributed by atoms with Gasteiger partial charge < -0.3 is 10.1 Å². The molecule has 0 aromatic carbocycles. The fraction of sp³-hybridized carbons (Fsp3) is 0.400. The molecule has 1 aromatic rings. The highest BCUT2D eigenvalue weighted by atomic mass is 16.5. The van der Waals surface area contributed by atoms with E-state index >= 15 is 0 Å². The summed E-state index contributed by atoms with van der Waals surface area (Å²) in [5.74, 6) is 1.20. The molecule has 1 rings (SSSR count). The van der Waals surface area contributed by atoms with Crippen LogP contribution in [0.2, 0.25) is 0 Å². The first-order valence-corrected chi connectivity index (χ1v) is 4.53. The first kappa shape index (κ1) is 10.5. The van der Waals surface area contributed by atoms with Gasteiger partial charge in [-0.25, -0.2) is 4.98 Å². The lowest BCUT2D eigenvalue weighted by molar-refractivity contribution is 0.345. The van der Waals surface area contributed by atoms with Crippen molar-refractivity contribution in [2.24, 2.45) is 0 Å². The minimum absolute atomic E-state index is 0.539. The zero-order valence-corrected chi connectivity index (χ0v) is 8.74. The van der Waals surface area contributed by atoms with Crippen molar-refractivity contribution in [3.63, 3.8) is 0 Å². The van der Waals surface area contributed by atoms with Gasteiger partial charge in [-0.15, -0.1) is 0 Å². The van der Waals surface area contributed by atoms with Crippen LogP contribution in [0.1, 0.15) is 12.5 Å². The molecule has 0 bridgehead atoms. The van der Waals surface area contributed by atoms with E-state index in [4.69, 9.17) is 4.74 Å². The first-order valence-electron chi connectivity index (χ1n) is 4.53. The van der Waals surface area contributed by atoms with E-state index in [9.17, 15) is 0 Å². The summed E-state index contributed by atoms with van der Waals surface area (Å²) >= 11 is 0. The Balaban J connectivity index is 2.73. The summed E-state index contributed by atoms with van der Waals surface area (Å²) in [7, 11) is 1.78. The Morgan fingerprint density at radius 3 is 3.00 bits per heavy atom. The number of aryl methyl sites for hydroxylation is 1. The SMILES string of the molecule is C/C=C/COc1nc(NC)ncc1C. The molecule has 0 unspecified atom stereocenters. The minimum Gasteiger partial charge on any atom is -0.473 e. The van der Waals surface area contributed by atoms with Gasteiger partial charge in [0.1, 0.15) is 6.61 Å². The number of anilines is 1. The van der Waals surface area contributed by atoms with Crippen LogP contribution in [0.15, 0.2) is 18.3 Å². The minimum atomic E-state index is 0.539. The maximum atomic E-state index is 5.44. The molecule has 1 N–H and O–H groups in total. The third-order valence-electron chi connectivity index (χ3n) is 1.70. The van der Waals surface area contributed by atoms with E-state index < -0.39 is 0 Å². The molecule has 76 valence electrons. The molecular formula is C10H15N3O. The summed E-state index contributed by atoms with van der Waals surface area (Å²) in [6.45, 7) is 4.41. The van der Waals surface area contributed by atoms with Crippen LogP contribution in [0, 0.1) is 6.92 Å². The van der Waals surface area contributed by atoms with Gasteiger partial charge in [0.15, 0.2) is 0 Å². The molecular weight excluding hydrogens is 178 g/mol. The molecule has 14 heavy (non-hydrogen) atoms. The molecule has 1 heterocycles. The molecule has 0 saturated heterocycles. The van der Waals surface area contributed by atoms with Gasteiger partial charge in [0.25, 0.3) is 0 Å². The average molecular weight is 193 g/mol. The number of rotatable bonds is 4. The normalized spacial score (nSPS) is 10.5. The zero-order valence-electron chi connectivity index (χ0n) is 8.74. The maximum Gasteiger partial charge on any atom is 0.225 e. The van der Waals surface area contributed by atoms with E-state index in [0.717, 1.165) is 5.56 Å². The van der Waals surface area contributed by atoms with Crippen molar-refractivity contribution in [3.8, 4) is 5.88 Å². The van der Waals surface area contributed by atoms with Crippen LogP contribution < -0.4 is 10.1 Å². The molecule has 0 amide bonds. The summed E-state index contributed by atoms with van der Waals surface area (Å²) in [6.07, 6.45) is 5.61. The van der Waals surface area contributed by atoms with Crippen LogP contribution in [0.3, 0.4) is 0 Å². The van der Waals surface area contributed by atoms with Crippen molar-refractivity contribution in [1.29, 1.82) is 0 Å². The van der Waals surface area contributed by atoms with Gasteiger partial charge in [-0.2, -0.15) is 4.98 Å². The zero-order chi connectivity index (χ0) is 10.4. The van der Waals surface area contributed by atoms with Crippen LogP contribution in [-0.4, -0.2) is 23.6 Å². The quantitative estimate of drug-likeness (QED) is 0.740. The Bertz CT molecular complexity index is 323. The van der Waals surface area contributed by atoms with Crippen molar-refractivity contribution in [2.45, 2.75) is 13.8 Å². The predicted octanol–water partition coefficient (Wildman–Crippen LogP) is 1.78. The Morgan fingerprint density at radius 2 is 2.36 bits per heavy atom. The number of allylic oxidation sites excluding steroid dienone is 1. The van der Waals surface area contributed by atoms with Gasteiger partial charge in [0.05, 0.1) is 0 Å². The molecule has 1 aromatic heterocycles. The third kappa shape index (κ3) is 2.73. The van der Waals surface area contributed by atoms with Gasteiger partial charge >= 0.3 is 0 Å². The largest absolute Gasteiger partial charge is 0.473 e. The van der Waals surface area contributed by atoms with Gasteiger partial charge in [0.2, 0.25) is 11.8 Å². The Labute approximate surface area is 84.0 Å². The van der Waals surface area contributed by atoms with Gasteiger partial charge in [-0.3, -0.25) is 0 Å². The van der Waals surface area contributed by atoms with Crippen LogP contribution in [0.25, 0.3) is 0 Å². The molecule has 0 spiro atoms. The van der Waals surface area contributed by atoms with Gasteiger partial charge in [-0.05, 0) is 13.8 Å². The van der Waals surface area contributed by atoms with Crippen molar-refractivity contribution in [3.05, 3.63) is 23.9 Å². The molecule has 4 nitrogen and oxygen atoms in total. The Kier molecular flexibility index (Phi) is 3.91. The Morgan fingerprint density at radius 1 is 1.57 bits per heavy atom. The highest BCUT2D eigenvalue weighted by molar-refractivity contribution is 5.31. The van der Waals surface area contributed by atoms with Gasteiger partial charge in [-0.1, -0.05) is 12.2 Å². The highest BCUT2D eigenvalue weighted by Crippen LogP contribution is 2.14. The average Bonchev–Trinajstić information content (AvgIpc) is 2.21. The number of hydrogen-bond donors (Lipinski definition) is 1. The molecule has 4 heteroatoms. The predicted molar refractivity (Wildman–Crippen MR) is 56.6 cm³/mol. The molecule has 0 aliphatic heterocycles. The molecule has 0 fully saturated rings. The smallest absolute Gasteiger partial charge is 0.225 e. The lowest BCUT2D eigenvalue weighted by atomic mass is 10.4. The lowest BCUT2D eigenvalue weighted by Gasteiger charge is -2.06. The monoisotopic (exact) mass is 193 g/mol. The Hall–Kier alpha value is -1.58. The second-order valence-electron chi connectivity index (χ2n) is 2.81. The standard InChI is InChI=1S/C10H15N3O/c1-4-5-6-14-9-8(2)7-12-10(11-3)13-9/h4-5,7H,6H2,1-3H3,(H,11,12,13)/b5-4+. The van der Waals surface area contributed by atoms with Crippen molar-refractivity contribution >= 4 is 5.95 Å². The van der Waals surface area contributed by atoms with E-state index in [2.05, 4.69) is 15.3 Å². The topological polar surface area (TPSA) is 47.0 Å². The second kappa shape index (κ2) is 5.21. The summed E-state index contributed by atoms with van der Waals surface area (Å²) in [4.78, 5) is 8.25. The van der Waals surface area contributed by atoms with Gasteiger partial charge in [0, 0.05) is 18.8 Å². The van der Waals surface area contributed by atoms with E-state index in [-0.39, 0.29) is 0 Å². The third-order valence-corrected chi connectivity index (χ3v) is 1.70. The van der Waals surface area contributed by atoms with E-state index in [1.165, 1.54) is 0 Å². The number of nitrogens with zero attached hydrogens (tertiary/aromatic N) is 2. The fourth-order valence-corrected chi connectivity index (χ4v) is 0.916. The van der Waals surface area contributed by atoms with Crippen LogP contribution in [0.4, 0.5) is 5.95 Å². The maximum absolute atomic E-state index is 5.44. The molecule has 0 aliphatic rings. The van der Waals surface area contributed by atoms with Crippen LogP contribution >= 0.6 is 0 Å². The van der Waals surface area contributed by atoms with Crippen LogP contribution in [-0.2, 0) is 0 Å². The lowest BCUT2D eigenvalue weighted by Crippen LogP contribution is -2.02. The number of ether oxygens (including phenoxy) is 1. The van der Waals surface area contributed by atoms with Crippen molar-refractivity contribution in [1.82, 2.24) is 9.97 Å². The van der Waals surface area contributed by atoms with Crippen molar-refractivity contribution < 1.29 is 4.74 Å². The summed E-state index contributed by atoms with van der Waals surface area (Å²) in [5.41, 5.74) is 0.938. The van der Waals surface area contributed by atoms with E-state index in [1.54, 1.807) is 13.2 Å². The van der Waals surface area contributed by atoms with E-state index in [0.29, 0.717) is 18.4 Å². The van der Waals surface area contributed by atoms with Crippen molar-refractivity contribution in [2.75, 3.05) is 19.0 Å². The first-order chi connectivity index (χ1) is 6.77. The number of aromatic nitrogens is 2. The van der Waals surface area contributed by atoms with Crippen LogP contribution in [0.5, 0.6) is 5.88 Å². The molecule has 0 atom stereocenters. The summed E-state index contributed by atoms with van der Waals surface area (Å²) in [6, 6.07) is 0. The fourth-order valence-electron chi connectivity index (χ4n) is 0.916. The number of nitrogens with one attached hydrogen (secondary N) is 1. The molecule has 0 saturated carbocycles.